The zero-order chi connectivity index (χ0) is 22.9. The summed E-state index contributed by atoms with van der Waals surface area (Å²) in [5, 5.41) is 14.3. The number of anilines is 1. The molecule has 33 heavy (non-hydrogen) atoms. The Kier molecular flexibility index (Phi) is 5.25. The molecule has 0 saturated heterocycles. The van der Waals surface area contributed by atoms with Gasteiger partial charge in [0.25, 0.3) is 11.8 Å². The number of fused-ring (bicyclic) bond motifs is 1. The van der Waals surface area contributed by atoms with Gasteiger partial charge in [-0.1, -0.05) is 12.1 Å². The van der Waals surface area contributed by atoms with Crippen LogP contribution in [-0.4, -0.2) is 49.8 Å². The van der Waals surface area contributed by atoms with Gasteiger partial charge in [0.2, 0.25) is 0 Å². The Hall–Kier alpha value is -4.21. The predicted molar refractivity (Wildman–Crippen MR) is 121 cm³/mol. The summed E-state index contributed by atoms with van der Waals surface area (Å²) in [6, 6.07) is 10.9. The van der Waals surface area contributed by atoms with Crippen molar-refractivity contribution in [3.8, 4) is 17.1 Å². The van der Waals surface area contributed by atoms with Crippen molar-refractivity contribution in [3.63, 3.8) is 0 Å². The van der Waals surface area contributed by atoms with Crippen LogP contribution in [0.4, 0.5) is 5.69 Å². The van der Waals surface area contributed by atoms with Crippen molar-refractivity contribution in [2.75, 3.05) is 19.0 Å². The number of rotatable bonds is 7. The molecule has 0 atom stereocenters. The lowest BCUT2D eigenvalue weighted by atomic mass is 10.2. The van der Waals surface area contributed by atoms with Crippen LogP contribution in [0.1, 0.15) is 33.7 Å². The molecule has 0 unspecified atom stereocenters. The molecular formula is C23H23N7O3. The molecule has 168 valence electrons. The Morgan fingerprint density at radius 1 is 1.18 bits per heavy atom. The van der Waals surface area contributed by atoms with Crippen molar-refractivity contribution < 1.29 is 14.3 Å². The van der Waals surface area contributed by atoms with E-state index in [1.807, 2.05) is 24.3 Å². The highest BCUT2D eigenvalue weighted by molar-refractivity contribution is 6.11. The standard InChI is InChI=1S/C23H23N7O3/c1-29-20(17(13-25-29)22(31)24-12-14-7-8-14)23(32)26-15-9-10-30-19(11-15)27-21(28-30)16-5-3-4-6-18(16)33-2/h3-6,9-11,13-14H,7-8,12H2,1-2H3,(H,24,31)(H,26,32). The van der Waals surface area contributed by atoms with Gasteiger partial charge in [-0.3, -0.25) is 14.3 Å². The lowest BCUT2D eigenvalue weighted by Gasteiger charge is -2.08. The third-order valence-corrected chi connectivity index (χ3v) is 5.59. The van der Waals surface area contributed by atoms with Crippen molar-refractivity contribution in [3.05, 3.63) is 60.0 Å². The Balaban J connectivity index is 1.38. The molecule has 0 aliphatic heterocycles. The number of carbonyl (C=O) groups is 2. The topological polar surface area (TPSA) is 115 Å². The highest BCUT2D eigenvalue weighted by atomic mass is 16.5. The van der Waals surface area contributed by atoms with Crippen LogP contribution in [0.3, 0.4) is 0 Å². The van der Waals surface area contributed by atoms with Crippen LogP contribution in [0.15, 0.2) is 48.8 Å². The number of pyridine rings is 1. The molecule has 10 heteroatoms. The molecule has 0 bridgehead atoms. The van der Waals surface area contributed by atoms with Gasteiger partial charge in [0.15, 0.2) is 11.5 Å². The van der Waals surface area contributed by atoms with E-state index in [0.29, 0.717) is 35.4 Å². The van der Waals surface area contributed by atoms with Gasteiger partial charge in [-0.2, -0.15) is 5.10 Å². The van der Waals surface area contributed by atoms with Crippen LogP contribution in [0.25, 0.3) is 17.0 Å². The zero-order valence-corrected chi connectivity index (χ0v) is 18.3. The fraction of sp³-hybridized carbons (Fsp3) is 0.261. The number of methoxy groups -OCH3 is 1. The number of benzene rings is 1. The van der Waals surface area contributed by atoms with E-state index in [-0.39, 0.29) is 17.2 Å². The van der Waals surface area contributed by atoms with Gasteiger partial charge in [0.1, 0.15) is 11.4 Å². The average molecular weight is 445 g/mol. The highest BCUT2D eigenvalue weighted by Crippen LogP contribution is 2.28. The number of hydrogen-bond acceptors (Lipinski definition) is 6. The first-order valence-corrected chi connectivity index (χ1v) is 10.6. The largest absolute Gasteiger partial charge is 0.496 e. The van der Waals surface area contributed by atoms with Crippen molar-refractivity contribution in [2.24, 2.45) is 13.0 Å². The molecule has 0 radical (unpaired) electrons. The van der Waals surface area contributed by atoms with E-state index in [0.717, 1.165) is 18.4 Å². The molecule has 1 aromatic carbocycles. The third-order valence-electron chi connectivity index (χ3n) is 5.59. The maximum absolute atomic E-state index is 13.0. The first-order valence-electron chi connectivity index (χ1n) is 10.6. The molecule has 4 aromatic rings. The molecule has 1 fully saturated rings. The summed E-state index contributed by atoms with van der Waals surface area (Å²) < 4.78 is 8.42. The van der Waals surface area contributed by atoms with E-state index >= 15 is 0 Å². The Bertz CT molecular complexity index is 1350. The Labute approximate surface area is 189 Å². The molecule has 1 aliphatic carbocycles. The first kappa shape index (κ1) is 20.7. The minimum Gasteiger partial charge on any atom is -0.496 e. The number of para-hydroxylation sites is 1. The zero-order valence-electron chi connectivity index (χ0n) is 18.3. The number of nitrogens with one attached hydrogen (secondary N) is 2. The number of aromatic nitrogens is 5. The molecule has 0 spiro atoms. The maximum Gasteiger partial charge on any atom is 0.274 e. The van der Waals surface area contributed by atoms with Gasteiger partial charge in [-0.15, -0.1) is 5.10 Å². The van der Waals surface area contributed by atoms with Crippen LogP contribution in [-0.2, 0) is 7.05 Å². The minimum atomic E-state index is -0.430. The number of amides is 2. The van der Waals surface area contributed by atoms with Crippen LogP contribution < -0.4 is 15.4 Å². The van der Waals surface area contributed by atoms with Gasteiger partial charge >= 0.3 is 0 Å². The van der Waals surface area contributed by atoms with E-state index < -0.39 is 5.91 Å². The highest BCUT2D eigenvalue weighted by Gasteiger charge is 2.25. The monoisotopic (exact) mass is 445 g/mol. The summed E-state index contributed by atoms with van der Waals surface area (Å²) >= 11 is 0. The van der Waals surface area contributed by atoms with Crippen LogP contribution in [0, 0.1) is 5.92 Å². The van der Waals surface area contributed by atoms with Gasteiger partial charge < -0.3 is 15.4 Å². The number of aryl methyl sites for hydroxylation is 1. The third kappa shape index (κ3) is 4.14. The number of nitrogens with zero attached hydrogens (tertiary/aromatic N) is 5. The van der Waals surface area contributed by atoms with Gasteiger partial charge in [-0.25, -0.2) is 9.50 Å². The van der Waals surface area contributed by atoms with Gasteiger partial charge in [0, 0.05) is 31.5 Å². The second-order valence-electron chi connectivity index (χ2n) is 7.99. The Morgan fingerprint density at radius 2 is 2.00 bits per heavy atom. The minimum absolute atomic E-state index is 0.194. The van der Waals surface area contributed by atoms with Crippen molar-refractivity contribution in [1.82, 2.24) is 29.7 Å². The molecule has 3 heterocycles. The second-order valence-corrected chi connectivity index (χ2v) is 7.99. The molecule has 3 aromatic heterocycles. The molecule has 2 N–H and O–H groups in total. The Morgan fingerprint density at radius 3 is 2.79 bits per heavy atom. The number of ether oxygens (including phenoxy) is 1. The van der Waals surface area contributed by atoms with E-state index in [2.05, 4.69) is 25.8 Å². The van der Waals surface area contributed by atoms with Crippen LogP contribution in [0.5, 0.6) is 5.75 Å². The second kappa shape index (κ2) is 8.38. The van der Waals surface area contributed by atoms with E-state index in [1.54, 1.807) is 37.0 Å². The quantitative estimate of drug-likeness (QED) is 0.452. The van der Waals surface area contributed by atoms with Crippen molar-refractivity contribution in [2.45, 2.75) is 12.8 Å². The van der Waals surface area contributed by atoms with Gasteiger partial charge in [-0.05, 0) is 37.0 Å². The summed E-state index contributed by atoms with van der Waals surface area (Å²) in [7, 11) is 3.23. The summed E-state index contributed by atoms with van der Waals surface area (Å²) in [5.41, 5.74) is 2.29. The van der Waals surface area contributed by atoms with Crippen molar-refractivity contribution >= 4 is 23.1 Å². The lowest BCUT2D eigenvalue weighted by Crippen LogP contribution is -2.28. The molecule has 10 nitrogen and oxygen atoms in total. The van der Waals surface area contributed by atoms with Gasteiger partial charge in [0.05, 0.1) is 24.4 Å². The number of hydrogen-bond donors (Lipinski definition) is 2. The molecule has 1 saturated carbocycles. The summed E-state index contributed by atoms with van der Waals surface area (Å²) in [4.78, 5) is 30.1. The first-order chi connectivity index (χ1) is 16.0. The normalized spacial score (nSPS) is 13.2. The average Bonchev–Trinajstić information content (AvgIpc) is 3.43. The predicted octanol–water partition coefficient (Wildman–Crippen LogP) is 2.53. The van der Waals surface area contributed by atoms with Crippen molar-refractivity contribution in [1.29, 1.82) is 0 Å². The van der Waals surface area contributed by atoms with E-state index in [4.69, 9.17) is 4.74 Å². The van der Waals surface area contributed by atoms with E-state index in [9.17, 15) is 9.59 Å². The molecule has 5 rings (SSSR count). The lowest BCUT2D eigenvalue weighted by molar-refractivity contribution is 0.0937. The summed E-state index contributed by atoms with van der Waals surface area (Å²) in [6.45, 7) is 0.618. The molecule has 1 aliphatic rings. The van der Waals surface area contributed by atoms with Crippen LogP contribution in [0.2, 0.25) is 0 Å². The SMILES string of the molecule is COc1ccccc1-c1nc2cc(NC(=O)c3c(C(=O)NCC4CC4)cnn3C)ccn2n1. The van der Waals surface area contributed by atoms with E-state index in [1.165, 1.54) is 10.9 Å². The summed E-state index contributed by atoms with van der Waals surface area (Å²) in [5.74, 6) is 0.997. The smallest absolute Gasteiger partial charge is 0.274 e. The number of carbonyl (C=O) groups excluding carboxylic acids is 2. The maximum atomic E-state index is 13.0. The van der Waals surface area contributed by atoms with Crippen LogP contribution >= 0.6 is 0 Å². The molecular weight excluding hydrogens is 422 g/mol. The molecule has 2 amide bonds. The fourth-order valence-electron chi connectivity index (χ4n) is 3.62. The fourth-order valence-corrected chi connectivity index (χ4v) is 3.62. The summed E-state index contributed by atoms with van der Waals surface area (Å²) in [6.07, 6.45) is 5.39.